The van der Waals surface area contributed by atoms with Gasteiger partial charge in [0.25, 0.3) is 0 Å². The number of para-hydroxylation sites is 2. The van der Waals surface area contributed by atoms with E-state index < -0.39 is 0 Å². The summed E-state index contributed by atoms with van der Waals surface area (Å²) in [5.41, 5.74) is 1.46. The molecule has 0 saturated carbocycles. The van der Waals surface area contributed by atoms with Crippen LogP contribution in [-0.4, -0.2) is 36.4 Å². The number of rotatable bonds is 6. The van der Waals surface area contributed by atoms with Crippen LogP contribution in [0, 0.1) is 11.7 Å². The van der Waals surface area contributed by atoms with Crippen molar-refractivity contribution in [3.05, 3.63) is 59.9 Å². The summed E-state index contributed by atoms with van der Waals surface area (Å²) < 4.78 is 18.5. The van der Waals surface area contributed by atoms with E-state index in [1.165, 1.54) is 12.1 Å². The molecule has 1 fully saturated rings. The van der Waals surface area contributed by atoms with Gasteiger partial charge in [0.05, 0.1) is 18.7 Å². The van der Waals surface area contributed by atoms with Gasteiger partial charge in [-0.05, 0) is 49.6 Å². The Morgan fingerprint density at radius 1 is 1.11 bits per heavy atom. The quantitative estimate of drug-likeness (QED) is 0.827. The zero-order chi connectivity index (χ0) is 19.9. The first kappa shape index (κ1) is 19.9. The molecule has 1 N–H and O–H groups in total. The van der Waals surface area contributed by atoms with E-state index in [0.717, 1.165) is 5.56 Å². The summed E-state index contributed by atoms with van der Waals surface area (Å²) in [4.78, 5) is 26.8. The number of carbonyl (C=O) groups is 2. The molecule has 0 radical (unpaired) electrons. The molecule has 28 heavy (non-hydrogen) atoms. The minimum Gasteiger partial charge on any atom is -0.492 e. The normalized spacial score (nSPS) is 14.6. The van der Waals surface area contributed by atoms with Gasteiger partial charge in [-0.25, -0.2) is 4.39 Å². The molecule has 0 spiro atoms. The third-order valence-corrected chi connectivity index (χ3v) is 4.93. The van der Waals surface area contributed by atoms with E-state index >= 15 is 0 Å². The van der Waals surface area contributed by atoms with Crippen LogP contribution in [0.1, 0.15) is 25.3 Å². The first-order valence-electron chi connectivity index (χ1n) is 9.61. The Kier molecular flexibility index (Phi) is 6.63. The number of piperidine rings is 1. The lowest BCUT2D eigenvalue weighted by Gasteiger charge is -2.31. The second-order valence-corrected chi connectivity index (χ2v) is 6.88. The summed E-state index contributed by atoms with van der Waals surface area (Å²) in [6.45, 7) is 3.52. The van der Waals surface area contributed by atoms with Crippen molar-refractivity contribution in [2.75, 3.05) is 25.0 Å². The van der Waals surface area contributed by atoms with Crippen LogP contribution in [0.3, 0.4) is 0 Å². The van der Waals surface area contributed by atoms with Crippen LogP contribution >= 0.6 is 0 Å². The first-order valence-corrected chi connectivity index (χ1v) is 9.61. The summed E-state index contributed by atoms with van der Waals surface area (Å²) >= 11 is 0. The maximum atomic E-state index is 13.0. The summed E-state index contributed by atoms with van der Waals surface area (Å²) in [5, 5.41) is 2.95. The van der Waals surface area contributed by atoms with Gasteiger partial charge in [0.2, 0.25) is 11.8 Å². The molecule has 0 unspecified atom stereocenters. The fourth-order valence-corrected chi connectivity index (χ4v) is 3.37. The first-order chi connectivity index (χ1) is 13.6. The molecule has 2 amide bonds. The van der Waals surface area contributed by atoms with E-state index in [1.54, 1.807) is 17.0 Å². The van der Waals surface area contributed by atoms with Gasteiger partial charge < -0.3 is 15.0 Å². The zero-order valence-electron chi connectivity index (χ0n) is 16.0. The average Bonchev–Trinajstić information content (AvgIpc) is 2.71. The largest absolute Gasteiger partial charge is 0.492 e. The highest BCUT2D eigenvalue weighted by molar-refractivity contribution is 5.94. The van der Waals surface area contributed by atoms with Crippen molar-refractivity contribution < 1.29 is 18.7 Å². The van der Waals surface area contributed by atoms with Gasteiger partial charge in [-0.2, -0.15) is 0 Å². The second kappa shape index (κ2) is 9.35. The van der Waals surface area contributed by atoms with Crippen LogP contribution in [0.15, 0.2) is 48.5 Å². The number of hydrogen-bond acceptors (Lipinski definition) is 3. The number of halogens is 1. The molecule has 0 atom stereocenters. The van der Waals surface area contributed by atoms with Gasteiger partial charge in [-0.3, -0.25) is 9.59 Å². The van der Waals surface area contributed by atoms with Crippen molar-refractivity contribution in [3.8, 4) is 5.75 Å². The van der Waals surface area contributed by atoms with Crippen molar-refractivity contribution in [1.29, 1.82) is 0 Å². The molecule has 0 aliphatic carbocycles. The second-order valence-electron chi connectivity index (χ2n) is 6.88. The molecule has 6 heteroatoms. The number of nitrogens with one attached hydrogen (secondary N) is 1. The molecule has 148 valence electrons. The fourth-order valence-electron chi connectivity index (χ4n) is 3.37. The number of likely N-dealkylation sites (tertiary alicyclic amines) is 1. The van der Waals surface area contributed by atoms with Gasteiger partial charge >= 0.3 is 0 Å². The van der Waals surface area contributed by atoms with Crippen LogP contribution in [0.25, 0.3) is 0 Å². The number of anilines is 1. The minimum absolute atomic E-state index is 0.00663. The highest BCUT2D eigenvalue weighted by atomic mass is 19.1. The van der Waals surface area contributed by atoms with Crippen LogP contribution in [0.5, 0.6) is 5.75 Å². The van der Waals surface area contributed by atoms with Crippen molar-refractivity contribution in [2.24, 2.45) is 5.92 Å². The Bertz CT molecular complexity index is 815. The SMILES string of the molecule is CCOc1ccccc1NC(=O)C1CCN(C(=O)Cc2ccc(F)cc2)CC1. The summed E-state index contributed by atoms with van der Waals surface area (Å²) in [6, 6.07) is 13.4. The van der Waals surface area contributed by atoms with E-state index in [-0.39, 0.29) is 30.0 Å². The number of hydrogen-bond donors (Lipinski definition) is 1. The third-order valence-electron chi connectivity index (χ3n) is 4.93. The maximum absolute atomic E-state index is 13.0. The van der Waals surface area contributed by atoms with Gasteiger partial charge in [0.1, 0.15) is 11.6 Å². The number of nitrogens with zero attached hydrogens (tertiary/aromatic N) is 1. The van der Waals surface area contributed by atoms with E-state index in [1.807, 2.05) is 31.2 Å². The Labute approximate surface area is 164 Å². The number of carbonyl (C=O) groups excluding carboxylic acids is 2. The molecule has 1 heterocycles. The molecule has 5 nitrogen and oxygen atoms in total. The lowest BCUT2D eigenvalue weighted by atomic mass is 9.95. The molecule has 2 aromatic rings. The number of ether oxygens (including phenoxy) is 1. The standard InChI is InChI=1S/C22H25FN2O3/c1-2-28-20-6-4-3-5-19(20)24-22(27)17-11-13-25(14-12-17)21(26)15-16-7-9-18(23)10-8-16/h3-10,17H,2,11-15H2,1H3,(H,24,27). The van der Waals surface area contributed by atoms with E-state index in [4.69, 9.17) is 4.74 Å². The predicted molar refractivity (Wildman–Crippen MR) is 106 cm³/mol. The molecule has 1 aliphatic heterocycles. The van der Waals surface area contributed by atoms with Crippen molar-refractivity contribution in [1.82, 2.24) is 4.90 Å². The van der Waals surface area contributed by atoms with Gasteiger partial charge in [0.15, 0.2) is 0 Å². The Balaban J connectivity index is 1.51. The van der Waals surface area contributed by atoms with E-state index in [2.05, 4.69) is 5.32 Å². The Morgan fingerprint density at radius 3 is 2.46 bits per heavy atom. The molecule has 1 aliphatic rings. The predicted octanol–water partition coefficient (Wildman–Crippen LogP) is 3.64. The van der Waals surface area contributed by atoms with Crippen LogP contribution in [0.2, 0.25) is 0 Å². The van der Waals surface area contributed by atoms with Gasteiger partial charge in [0, 0.05) is 19.0 Å². The fraction of sp³-hybridized carbons (Fsp3) is 0.364. The van der Waals surface area contributed by atoms with Crippen LogP contribution in [-0.2, 0) is 16.0 Å². The van der Waals surface area contributed by atoms with Crippen molar-refractivity contribution in [3.63, 3.8) is 0 Å². The summed E-state index contributed by atoms with van der Waals surface area (Å²) in [5.74, 6) is 0.175. The lowest BCUT2D eigenvalue weighted by Crippen LogP contribution is -2.42. The topological polar surface area (TPSA) is 58.6 Å². The Hall–Kier alpha value is -2.89. The highest BCUT2D eigenvalue weighted by Crippen LogP contribution is 2.26. The summed E-state index contributed by atoms with van der Waals surface area (Å²) in [6.07, 6.45) is 1.49. The van der Waals surface area contributed by atoms with E-state index in [0.29, 0.717) is 44.0 Å². The molecule has 0 aromatic heterocycles. The number of amides is 2. The van der Waals surface area contributed by atoms with E-state index in [9.17, 15) is 14.0 Å². The van der Waals surface area contributed by atoms with Crippen molar-refractivity contribution in [2.45, 2.75) is 26.2 Å². The van der Waals surface area contributed by atoms with Crippen LogP contribution in [0.4, 0.5) is 10.1 Å². The smallest absolute Gasteiger partial charge is 0.227 e. The highest BCUT2D eigenvalue weighted by Gasteiger charge is 2.27. The maximum Gasteiger partial charge on any atom is 0.227 e. The van der Waals surface area contributed by atoms with Gasteiger partial charge in [-0.1, -0.05) is 24.3 Å². The monoisotopic (exact) mass is 384 g/mol. The molecule has 3 rings (SSSR count). The molecule has 1 saturated heterocycles. The Morgan fingerprint density at radius 2 is 1.79 bits per heavy atom. The molecular weight excluding hydrogens is 359 g/mol. The third kappa shape index (κ3) is 5.09. The average molecular weight is 384 g/mol. The lowest BCUT2D eigenvalue weighted by molar-refractivity contribution is -0.133. The number of benzene rings is 2. The summed E-state index contributed by atoms with van der Waals surface area (Å²) in [7, 11) is 0. The zero-order valence-corrected chi connectivity index (χ0v) is 16.0. The van der Waals surface area contributed by atoms with Gasteiger partial charge in [-0.15, -0.1) is 0 Å². The molecule has 0 bridgehead atoms. The van der Waals surface area contributed by atoms with Crippen LogP contribution < -0.4 is 10.1 Å². The van der Waals surface area contributed by atoms with Crippen molar-refractivity contribution >= 4 is 17.5 Å². The molecular formula is C22H25FN2O3. The minimum atomic E-state index is -0.311. The molecule has 2 aromatic carbocycles.